The highest BCUT2D eigenvalue weighted by Crippen LogP contribution is 2.22. The van der Waals surface area contributed by atoms with E-state index in [0.717, 1.165) is 19.4 Å². The Kier molecular flexibility index (Phi) is 4.40. The van der Waals surface area contributed by atoms with Crippen molar-refractivity contribution in [2.24, 2.45) is 0 Å². The van der Waals surface area contributed by atoms with E-state index in [1.807, 2.05) is 6.92 Å². The normalized spacial score (nSPS) is 26.6. The van der Waals surface area contributed by atoms with Crippen LogP contribution in [0.15, 0.2) is 0 Å². The Morgan fingerprint density at radius 1 is 1.40 bits per heavy atom. The molecule has 1 aliphatic rings. The molecular weight excluding hydrogens is 207 g/mol. The Labute approximate surface area is 88.2 Å². The van der Waals surface area contributed by atoms with Gasteiger partial charge in [0.2, 0.25) is 0 Å². The summed E-state index contributed by atoms with van der Waals surface area (Å²) >= 11 is 0. The largest absolute Gasteiger partial charge is 0.390 e. The van der Waals surface area contributed by atoms with Crippen molar-refractivity contribution in [1.29, 1.82) is 0 Å². The summed E-state index contributed by atoms with van der Waals surface area (Å²) in [4.78, 5) is 0. The second-order valence-corrected chi connectivity index (χ2v) is 4.23. The van der Waals surface area contributed by atoms with Crippen LogP contribution >= 0.6 is 0 Å². The van der Waals surface area contributed by atoms with Crippen molar-refractivity contribution in [3.8, 4) is 0 Å². The molecule has 1 saturated heterocycles. The van der Waals surface area contributed by atoms with Gasteiger partial charge in [-0.1, -0.05) is 0 Å². The van der Waals surface area contributed by atoms with Gasteiger partial charge in [-0.2, -0.15) is 13.2 Å². The lowest BCUT2D eigenvalue weighted by Crippen LogP contribution is -2.43. The summed E-state index contributed by atoms with van der Waals surface area (Å²) in [6.45, 7) is 4.16. The lowest BCUT2D eigenvalue weighted by Gasteiger charge is -2.25. The Morgan fingerprint density at radius 2 is 2.07 bits per heavy atom. The molecule has 0 aromatic carbocycles. The number of halogens is 3. The van der Waals surface area contributed by atoms with Crippen LogP contribution in [-0.4, -0.2) is 31.0 Å². The molecule has 0 aromatic heterocycles. The minimum absolute atomic E-state index is 0.00940. The number of alkyl halides is 3. The summed E-state index contributed by atoms with van der Waals surface area (Å²) in [6.07, 6.45) is -2.87. The fourth-order valence-corrected chi connectivity index (χ4v) is 1.96. The quantitative estimate of drug-likeness (QED) is 0.793. The van der Waals surface area contributed by atoms with Gasteiger partial charge in [-0.05, 0) is 26.7 Å². The van der Waals surface area contributed by atoms with Gasteiger partial charge in [0.1, 0.15) is 0 Å². The molecule has 2 nitrogen and oxygen atoms in total. The molecule has 3 unspecified atom stereocenters. The van der Waals surface area contributed by atoms with Crippen LogP contribution in [0.25, 0.3) is 0 Å². The highest BCUT2D eigenvalue weighted by Gasteiger charge is 2.31. The van der Waals surface area contributed by atoms with Gasteiger partial charge in [-0.25, -0.2) is 0 Å². The van der Waals surface area contributed by atoms with Crippen molar-refractivity contribution in [3.63, 3.8) is 0 Å². The Balaban J connectivity index is 2.27. The Morgan fingerprint density at radius 3 is 2.53 bits per heavy atom. The molecule has 0 bridgehead atoms. The fraction of sp³-hybridized carbons (Fsp3) is 1.00. The molecule has 15 heavy (non-hydrogen) atoms. The molecule has 90 valence electrons. The minimum Gasteiger partial charge on any atom is -0.377 e. The van der Waals surface area contributed by atoms with Crippen LogP contribution in [0.4, 0.5) is 13.2 Å². The van der Waals surface area contributed by atoms with Crippen LogP contribution in [0.1, 0.15) is 33.1 Å². The molecule has 0 saturated carbocycles. The zero-order chi connectivity index (χ0) is 11.5. The standard InChI is InChI=1S/C10H18F3NO/c1-7(6-10(11,12)13)14-8(2)9-4-3-5-15-9/h7-9,14H,3-6H2,1-2H3. The van der Waals surface area contributed by atoms with E-state index in [4.69, 9.17) is 4.74 Å². The van der Waals surface area contributed by atoms with E-state index in [1.54, 1.807) is 6.92 Å². The van der Waals surface area contributed by atoms with Crippen LogP contribution in [0, 0.1) is 0 Å². The molecule has 0 aromatic rings. The van der Waals surface area contributed by atoms with Gasteiger partial charge in [0.25, 0.3) is 0 Å². The van der Waals surface area contributed by atoms with E-state index in [-0.39, 0.29) is 12.1 Å². The highest BCUT2D eigenvalue weighted by atomic mass is 19.4. The lowest BCUT2D eigenvalue weighted by atomic mass is 10.1. The van der Waals surface area contributed by atoms with Gasteiger partial charge >= 0.3 is 6.18 Å². The third kappa shape index (κ3) is 4.84. The maximum atomic E-state index is 12.1. The van der Waals surface area contributed by atoms with Gasteiger partial charge in [-0.15, -0.1) is 0 Å². The predicted octanol–water partition coefficient (Wildman–Crippen LogP) is 2.48. The van der Waals surface area contributed by atoms with Crippen LogP contribution in [-0.2, 0) is 4.74 Å². The highest BCUT2D eigenvalue weighted by molar-refractivity contribution is 4.79. The molecule has 1 heterocycles. The molecule has 0 spiro atoms. The third-order valence-electron chi connectivity index (χ3n) is 2.61. The van der Waals surface area contributed by atoms with E-state index in [2.05, 4.69) is 5.32 Å². The summed E-state index contributed by atoms with van der Waals surface area (Å²) in [5, 5.41) is 2.93. The van der Waals surface area contributed by atoms with Crippen molar-refractivity contribution < 1.29 is 17.9 Å². The monoisotopic (exact) mass is 225 g/mol. The van der Waals surface area contributed by atoms with Crippen LogP contribution in [0.5, 0.6) is 0 Å². The number of rotatable bonds is 4. The summed E-state index contributed by atoms with van der Waals surface area (Å²) in [7, 11) is 0. The van der Waals surface area contributed by atoms with Crippen LogP contribution < -0.4 is 5.32 Å². The summed E-state index contributed by atoms with van der Waals surface area (Å²) < 4.78 is 41.6. The van der Waals surface area contributed by atoms with E-state index in [0.29, 0.717) is 0 Å². The van der Waals surface area contributed by atoms with Gasteiger partial charge in [0.15, 0.2) is 0 Å². The lowest BCUT2D eigenvalue weighted by molar-refractivity contribution is -0.139. The number of hydrogen-bond acceptors (Lipinski definition) is 2. The zero-order valence-corrected chi connectivity index (χ0v) is 9.10. The first kappa shape index (κ1) is 12.8. The first-order valence-electron chi connectivity index (χ1n) is 5.33. The van der Waals surface area contributed by atoms with Gasteiger partial charge in [0.05, 0.1) is 12.5 Å². The first-order chi connectivity index (χ1) is 6.88. The van der Waals surface area contributed by atoms with Gasteiger partial charge < -0.3 is 10.1 Å². The SMILES string of the molecule is CC(CC(F)(F)F)NC(C)C1CCCO1. The molecule has 1 aliphatic heterocycles. The maximum absolute atomic E-state index is 12.1. The summed E-state index contributed by atoms with van der Waals surface area (Å²) in [5.41, 5.74) is 0. The van der Waals surface area contributed by atoms with E-state index in [9.17, 15) is 13.2 Å². The molecule has 1 rings (SSSR count). The molecule has 0 amide bonds. The van der Waals surface area contributed by atoms with Gasteiger partial charge in [-0.3, -0.25) is 0 Å². The fourth-order valence-electron chi connectivity index (χ4n) is 1.96. The summed E-state index contributed by atoms with van der Waals surface area (Å²) in [6, 6.07) is -0.561. The zero-order valence-electron chi connectivity index (χ0n) is 9.10. The van der Waals surface area contributed by atoms with Crippen molar-refractivity contribution in [2.75, 3.05) is 6.61 Å². The molecule has 0 aliphatic carbocycles. The Hall–Kier alpha value is -0.290. The van der Waals surface area contributed by atoms with Gasteiger partial charge in [0, 0.05) is 18.7 Å². The molecule has 5 heteroatoms. The minimum atomic E-state index is -4.09. The molecule has 3 atom stereocenters. The maximum Gasteiger partial charge on any atom is 0.390 e. The second-order valence-electron chi connectivity index (χ2n) is 4.23. The van der Waals surface area contributed by atoms with Crippen molar-refractivity contribution >= 4 is 0 Å². The van der Waals surface area contributed by atoms with Crippen LogP contribution in [0.3, 0.4) is 0 Å². The Bertz CT molecular complexity index is 190. The molecule has 0 radical (unpaired) electrons. The number of ether oxygens (including phenoxy) is 1. The second kappa shape index (κ2) is 5.16. The molecular formula is C10H18F3NO. The smallest absolute Gasteiger partial charge is 0.377 e. The third-order valence-corrected chi connectivity index (χ3v) is 2.61. The summed E-state index contributed by atoms with van der Waals surface area (Å²) in [5.74, 6) is 0. The van der Waals surface area contributed by atoms with E-state index >= 15 is 0 Å². The number of nitrogens with one attached hydrogen (secondary N) is 1. The van der Waals surface area contributed by atoms with Crippen LogP contribution in [0.2, 0.25) is 0 Å². The average molecular weight is 225 g/mol. The molecule has 1 N–H and O–H groups in total. The average Bonchev–Trinajstić information content (AvgIpc) is 2.50. The predicted molar refractivity (Wildman–Crippen MR) is 51.7 cm³/mol. The molecule has 1 fully saturated rings. The van der Waals surface area contributed by atoms with E-state index in [1.165, 1.54) is 0 Å². The van der Waals surface area contributed by atoms with E-state index < -0.39 is 18.6 Å². The van der Waals surface area contributed by atoms with Crippen molar-refractivity contribution in [3.05, 3.63) is 0 Å². The van der Waals surface area contributed by atoms with Crippen molar-refractivity contribution in [1.82, 2.24) is 5.32 Å². The topological polar surface area (TPSA) is 21.3 Å². The first-order valence-corrected chi connectivity index (χ1v) is 5.33. The number of hydrogen-bond donors (Lipinski definition) is 1. The van der Waals surface area contributed by atoms with Crippen molar-refractivity contribution in [2.45, 2.75) is 57.5 Å².